The second kappa shape index (κ2) is 7.85. The maximum absolute atomic E-state index is 12.7. The molecule has 28 heavy (non-hydrogen) atoms. The Bertz CT molecular complexity index is 825. The van der Waals surface area contributed by atoms with Gasteiger partial charge in [-0.15, -0.1) is 11.3 Å². The van der Waals surface area contributed by atoms with Gasteiger partial charge in [-0.1, -0.05) is 0 Å². The van der Waals surface area contributed by atoms with Gasteiger partial charge in [0, 0.05) is 41.9 Å². The van der Waals surface area contributed by atoms with Crippen LogP contribution in [0.1, 0.15) is 29.3 Å². The van der Waals surface area contributed by atoms with Crippen LogP contribution in [0.4, 0.5) is 11.4 Å². The molecule has 2 fully saturated rings. The van der Waals surface area contributed by atoms with E-state index < -0.39 is 0 Å². The summed E-state index contributed by atoms with van der Waals surface area (Å²) in [5.41, 5.74) is 3.54. The van der Waals surface area contributed by atoms with Crippen molar-refractivity contribution in [3.05, 3.63) is 46.2 Å². The lowest BCUT2D eigenvalue weighted by molar-refractivity contribution is -0.118. The summed E-state index contributed by atoms with van der Waals surface area (Å²) in [4.78, 5) is 19.0. The SMILES string of the molecule is O=C(CN1CCc2sccc2[C@@H]1C1CC1)Nc1ccc(N2CCOCC2)cc1. The van der Waals surface area contributed by atoms with Gasteiger partial charge in [0.05, 0.1) is 19.8 Å². The molecule has 1 N–H and O–H groups in total. The average Bonchev–Trinajstić information content (AvgIpc) is 3.45. The summed E-state index contributed by atoms with van der Waals surface area (Å²) in [5, 5.41) is 5.30. The summed E-state index contributed by atoms with van der Waals surface area (Å²) in [7, 11) is 0. The monoisotopic (exact) mass is 397 g/mol. The lowest BCUT2D eigenvalue weighted by Gasteiger charge is -2.35. The highest BCUT2D eigenvalue weighted by Gasteiger charge is 2.40. The van der Waals surface area contributed by atoms with Crippen molar-refractivity contribution in [2.75, 3.05) is 49.6 Å². The summed E-state index contributed by atoms with van der Waals surface area (Å²) in [6.45, 7) is 4.87. The lowest BCUT2D eigenvalue weighted by Crippen LogP contribution is -2.41. The Morgan fingerprint density at radius 1 is 1.11 bits per heavy atom. The molecular weight excluding hydrogens is 370 g/mol. The Kier molecular flexibility index (Phi) is 5.09. The molecule has 2 aromatic rings. The smallest absolute Gasteiger partial charge is 0.238 e. The highest BCUT2D eigenvalue weighted by atomic mass is 32.1. The van der Waals surface area contributed by atoms with Crippen LogP contribution in [0.5, 0.6) is 0 Å². The standard InChI is InChI=1S/C22H27N3O2S/c26-21(23-17-3-5-18(6-4-17)24-10-12-27-13-11-24)15-25-9-7-20-19(8-14-28-20)22(25)16-1-2-16/h3-6,8,14,16,22H,1-2,7,9-13,15H2,(H,23,26)/t22-/m0/s1. The molecule has 148 valence electrons. The molecule has 1 aromatic heterocycles. The quantitative estimate of drug-likeness (QED) is 0.838. The molecule has 3 aliphatic rings. The van der Waals surface area contributed by atoms with Crippen molar-refractivity contribution in [1.82, 2.24) is 4.90 Å². The Balaban J connectivity index is 1.21. The molecule has 0 spiro atoms. The van der Waals surface area contributed by atoms with Crippen LogP contribution < -0.4 is 10.2 Å². The van der Waals surface area contributed by atoms with Gasteiger partial charge in [-0.25, -0.2) is 0 Å². The second-order valence-electron chi connectivity index (χ2n) is 8.00. The first-order chi connectivity index (χ1) is 13.8. The molecule has 1 amide bonds. The molecule has 2 aliphatic heterocycles. The molecule has 6 heteroatoms. The number of hydrogen-bond acceptors (Lipinski definition) is 5. The van der Waals surface area contributed by atoms with E-state index in [-0.39, 0.29) is 5.91 Å². The minimum atomic E-state index is 0.0865. The van der Waals surface area contributed by atoms with E-state index in [1.165, 1.54) is 29.0 Å². The summed E-state index contributed by atoms with van der Waals surface area (Å²) in [6, 6.07) is 10.9. The maximum atomic E-state index is 12.7. The minimum Gasteiger partial charge on any atom is -0.378 e. The van der Waals surface area contributed by atoms with Crippen LogP contribution in [0.3, 0.4) is 0 Å². The van der Waals surface area contributed by atoms with Crippen LogP contribution in [-0.4, -0.2) is 50.2 Å². The zero-order chi connectivity index (χ0) is 18.9. The van der Waals surface area contributed by atoms with Crippen LogP contribution in [0.25, 0.3) is 0 Å². The van der Waals surface area contributed by atoms with Crippen molar-refractivity contribution >= 4 is 28.6 Å². The van der Waals surface area contributed by atoms with E-state index in [9.17, 15) is 4.79 Å². The lowest BCUT2D eigenvalue weighted by atomic mass is 9.96. The number of amides is 1. The molecule has 0 radical (unpaired) electrons. The Hall–Kier alpha value is -1.89. The molecule has 1 aliphatic carbocycles. The first kappa shape index (κ1) is 18.2. The van der Waals surface area contributed by atoms with E-state index in [0.29, 0.717) is 12.6 Å². The number of rotatable bonds is 5. The Morgan fingerprint density at radius 2 is 1.89 bits per heavy atom. The van der Waals surface area contributed by atoms with Crippen molar-refractivity contribution in [3.8, 4) is 0 Å². The van der Waals surface area contributed by atoms with Gasteiger partial charge in [-0.3, -0.25) is 9.69 Å². The van der Waals surface area contributed by atoms with Crippen molar-refractivity contribution in [1.29, 1.82) is 0 Å². The molecular formula is C22H27N3O2S. The van der Waals surface area contributed by atoms with E-state index in [4.69, 9.17) is 4.74 Å². The number of carbonyl (C=O) groups excluding carboxylic acids is 1. The van der Waals surface area contributed by atoms with E-state index in [1.807, 2.05) is 23.5 Å². The minimum absolute atomic E-state index is 0.0865. The van der Waals surface area contributed by atoms with Crippen LogP contribution >= 0.6 is 11.3 Å². The zero-order valence-corrected chi connectivity index (χ0v) is 16.9. The normalized spacial score (nSPS) is 22.7. The van der Waals surface area contributed by atoms with Gasteiger partial charge in [0.1, 0.15) is 0 Å². The number of carbonyl (C=O) groups is 1. The number of anilines is 2. The van der Waals surface area contributed by atoms with E-state index in [2.05, 4.69) is 38.7 Å². The number of thiophene rings is 1. The number of benzene rings is 1. The van der Waals surface area contributed by atoms with E-state index in [1.54, 1.807) is 0 Å². The zero-order valence-electron chi connectivity index (χ0n) is 16.1. The largest absolute Gasteiger partial charge is 0.378 e. The first-order valence-electron chi connectivity index (χ1n) is 10.3. The van der Waals surface area contributed by atoms with Crippen molar-refractivity contribution < 1.29 is 9.53 Å². The Labute approximate surface area is 170 Å². The van der Waals surface area contributed by atoms with Gasteiger partial charge in [-0.2, -0.15) is 0 Å². The van der Waals surface area contributed by atoms with Crippen LogP contribution in [-0.2, 0) is 16.0 Å². The third-order valence-electron chi connectivity index (χ3n) is 6.06. The highest BCUT2D eigenvalue weighted by molar-refractivity contribution is 7.10. The predicted molar refractivity (Wildman–Crippen MR) is 113 cm³/mol. The van der Waals surface area contributed by atoms with Gasteiger partial charge in [0.15, 0.2) is 0 Å². The number of nitrogens with one attached hydrogen (secondary N) is 1. The summed E-state index contributed by atoms with van der Waals surface area (Å²) in [6.07, 6.45) is 3.65. The van der Waals surface area contributed by atoms with Crippen LogP contribution in [0.2, 0.25) is 0 Å². The molecule has 5 rings (SSSR count). The van der Waals surface area contributed by atoms with Crippen LogP contribution in [0.15, 0.2) is 35.7 Å². The Morgan fingerprint density at radius 3 is 2.64 bits per heavy atom. The molecule has 0 unspecified atom stereocenters. The summed E-state index contributed by atoms with van der Waals surface area (Å²) < 4.78 is 5.41. The fourth-order valence-electron chi connectivity index (χ4n) is 4.50. The highest BCUT2D eigenvalue weighted by Crippen LogP contribution is 2.48. The van der Waals surface area contributed by atoms with Gasteiger partial charge < -0.3 is 15.0 Å². The maximum Gasteiger partial charge on any atom is 0.238 e. The van der Waals surface area contributed by atoms with Crippen LogP contribution in [0, 0.1) is 5.92 Å². The molecule has 1 saturated carbocycles. The molecule has 1 atom stereocenters. The van der Waals surface area contributed by atoms with Crippen molar-refractivity contribution in [2.24, 2.45) is 5.92 Å². The molecule has 5 nitrogen and oxygen atoms in total. The first-order valence-corrected chi connectivity index (χ1v) is 11.2. The predicted octanol–water partition coefficient (Wildman–Crippen LogP) is 3.53. The third kappa shape index (κ3) is 3.81. The van der Waals surface area contributed by atoms with Gasteiger partial charge >= 0.3 is 0 Å². The molecule has 0 bridgehead atoms. The number of hydrogen-bond donors (Lipinski definition) is 1. The molecule has 1 aromatic carbocycles. The second-order valence-corrected chi connectivity index (χ2v) is 9.00. The van der Waals surface area contributed by atoms with Crippen molar-refractivity contribution in [3.63, 3.8) is 0 Å². The van der Waals surface area contributed by atoms with Gasteiger partial charge in [-0.05, 0) is 66.5 Å². The van der Waals surface area contributed by atoms with E-state index >= 15 is 0 Å². The number of morpholine rings is 1. The van der Waals surface area contributed by atoms with Crippen molar-refractivity contribution in [2.45, 2.75) is 25.3 Å². The van der Waals surface area contributed by atoms with Gasteiger partial charge in [0.2, 0.25) is 5.91 Å². The fourth-order valence-corrected chi connectivity index (χ4v) is 5.41. The summed E-state index contributed by atoms with van der Waals surface area (Å²) >= 11 is 1.87. The van der Waals surface area contributed by atoms with E-state index in [0.717, 1.165) is 50.9 Å². The third-order valence-corrected chi connectivity index (χ3v) is 7.06. The topological polar surface area (TPSA) is 44.8 Å². The molecule has 1 saturated heterocycles. The average molecular weight is 398 g/mol. The summed E-state index contributed by atoms with van der Waals surface area (Å²) in [5.74, 6) is 0.817. The number of fused-ring (bicyclic) bond motifs is 1. The fraction of sp³-hybridized carbons (Fsp3) is 0.500. The number of nitrogens with zero attached hydrogens (tertiary/aromatic N) is 2. The number of ether oxygens (including phenoxy) is 1. The molecule has 3 heterocycles. The van der Waals surface area contributed by atoms with Gasteiger partial charge in [0.25, 0.3) is 0 Å².